The lowest BCUT2D eigenvalue weighted by atomic mass is 10.3. The number of nitrogens with zero attached hydrogens (tertiary/aromatic N) is 2. The highest BCUT2D eigenvalue weighted by Crippen LogP contribution is 2.36. The molecule has 0 aromatic carbocycles. The van der Waals surface area contributed by atoms with Crippen LogP contribution in [0.15, 0.2) is 0 Å². The van der Waals surface area contributed by atoms with E-state index in [2.05, 4.69) is 48.1 Å². The van der Waals surface area contributed by atoms with Crippen molar-refractivity contribution in [3.63, 3.8) is 0 Å². The van der Waals surface area contributed by atoms with Crippen LogP contribution >= 0.6 is 0 Å². The van der Waals surface area contributed by atoms with Gasteiger partial charge in [0.2, 0.25) is 0 Å². The monoisotopic (exact) mass is 326 g/mol. The van der Waals surface area contributed by atoms with Crippen LogP contribution in [-0.2, 0) is 0 Å². The summed E-state index contributed by atoms with van der Waals surface area (Å²) in [6.07, 6.45) is 3.98. The second-order valence-electron chi connectivity index (χ2n) is 6.92. The fourth-order valence-electron chi connectivity index (χ4n) is 3.32. The summed E-state index contributed by atoms with van der Waals surface area (Å²) in [6, 6.07) is 0. The van der Waals surface area contributed by atoms with E-state index in [1.54, 1.807) is 0 Å². The molecule has 2 atom stereocenters. The molecule has 0 aliphatic heterocycles. The van der Waals surface area contributed by atoms with Crippen molar-refractivity contribution in [3.8, 4) is 0 Å². The van der Waals surface area contributed by atoms with E-state index in [9.17, 15) is 0 Å². The van der Waals surface area contributed by atoms with Gasteiger partial charge in [0.05, 0.1) is 0 Å². The molecule has 0 amide bonds. The lowest BCUT2D eigenvalue weighted by molar-refractivity contribution is 0.297. The van der Waals surface area contributed by atoms with E-state index in [0.29, 0.717) is 0 Å². The minimum Gasteiger partial charge on any atom is -0.316 e. The Morgan fingerprint density at radius 3 is 1.43 bits per heavy atom. The largest absolute Gasteiger partial charge is 0.316 e. The molecule has 0 bridgehead atoms. The molecule has 0 saturated heterocycles. The molecule has 1 unspecified atom stereocenters. The van der Waals surface area contributed by atoms with Crippen LogP contribution in [0.2, 0.25) is 0 Å². The van der Waals surface area contributed by atoms with Crippen LogP contribution in [0.1, 0.15) is 47.0 Å². The van der Waals surface area contributed by atoms with Crippen molar-refractivity contribution in [2.75, 3.05) is 65.4 Å². The van der Waals surface area contributed by atoms with E-state index in [-0.39, 0.29) is 0 Å². The highest BCUT2D eigenvalue weighted by Gasteiger charge is 2.35. The van der Waals surface area contributed by atoms with Crippen LogP contribution in [0.5, 0.6) is 0 Å². The molecule has 0 heterocycles. The first-order valence-electron chi connectivity index (χ1n) is 10.1. The van der Waals surface area contributed by atoms with Crippen molar-refractivity contribution in [2.45, 2.75) is 47.0 Å². The summed E-state index contributed by atoms with van der Waals surface area (Å²) < 4.78 is 0. The molecule has 1 aliphatic carbocycles. The lowest BCUT2D eigenvalue weighted by Crippen LogP contribution is -2.29. The van der Waals surface area contributed by atoms with Gasteiger partial charge in [0.25, 0.3) is 0 Å². The van der Waals surface area contributed by atoms with Crippen LogP contribution in [0.4, 0.5) is 0 Å². The van der Waals surface area contributed by atoms with Crippen molar-refractivity contribution < 1.29 is 0 Å². The van der Waals surface area contributed by atoms with Gasteiger partial charge in [-0.25, -0.2) is 0 Å². The van der Waals surface area contributed by atoms with Gasteiger partial charge in [-0.1, -0.05) is 27.7 Å². The van der Waals surface area contributed by atoms with Crippen LogP contribution < -0.4 is 10.6 Å². The van der Waals surface area contributed by atoms with Crippen molar-refractivity contribution in [3.05, 3.63) is 0 Å². The molecule has 0 aromatic rings. The molecule has 4 nitrogen and oxygen atoms in total. The minimum absolute atomic E-state index is 0.929. The Morgan fingerprint density at radius 2 is 1.09 bits per heavy atom. The van der Waals surface area contributed by atoms with Gasteiger partial charge in [-0.15, -0.1) is 0 Å². The van der Waals surface area contributed by atoms with Crippen molar-refractivity contribution in [1.29, 1.82) is 0 Å². The molecular formula is C19H42N4. The molecule has 0 radical (unpaired) electrons. The Bertz CT molecular complexity index is 238. The standard InChI is InChI=1S/C19H42N4/c1-5-22(6-2)13-9-11-20-16-18-15-19(18)17-21-12-10-14-23(7-3)8-4/h18-21H,5-17H2,1-4H3/t18-,19?/m1/s1. The number of rotatable bonds is 16. The van der Waals surface area contributed by atoms with E-state index in [1.807, 2.05) is 0 Å². The maximum absolute atomic E-state index is 3.65. The molecule has 2 N–H and O–H groups in total. The fourth-order valence-corrected chi connectivity index (χ4v) is 3.32. The zero-order chi connectivity index (χ0) is 16.9. The topological polar surface area (TPSA) is 30.5 Å². The molecule has 1 saturated carbocycles. The van der Waals surface area contributed by atoms with E-state index in [0.717, 1.165) is 11.8 Å². The summed E-state index contributed by atoms with van der Waals surface area (Å²) in [5, 5.41) is 7.30. The lowest BCUT2D eigenvalue weighted by Gasteiger charge is -2.18. The Morgan fingerprint density at radius 1 is 0.696 bits per heavy atom. The maximum Gasteiger partial charge on any atom is -0.000687 e. The molecule has 1 rings (SSSR count). The highest BCUT2D eigenvalue weighted by atomic mass is 15.1. The first-order chi connectivity index (χ1) is 11.2. The smallest absolute Gasteiger partial charge is 0.000687 e. The Balaban J connectivity index is 1.86. The van der Waals surface area contributed by atoms with Gasteiger partial charge < -0.3 is 20.4 Å². The molecule has 23 heavy (non-hydrogen) atoms. The Hall–Kier alpha value is -0.160. The number of hydrogen-bond donors (Lipinski definition) is 2. The Labute approximate surface area is 145 Å². The highest BCUT2D eigenvalue weighted by molar-refractivity contribution is 4.89. The predicted molar refractivity (Wildman–Crippen MR) is 102 cm³/mol. The normalized spacial score (nSPS) is 20.6. The molecule has 4 heteroatoms. The SMILES string of the molecule is CCN(CC)CCCNCC1C[C@@H]1CNCCCN(CC)CC. The number of nitrogens with one attached hydrogen (secondary N) is 2. The molecule has 1 fully saturated rings. The van der Waals surface area contributed by atoms with Gasteiger partial charge in [-0.2, -0.15) is 0 Å². The summed E-state index contributed by atoms with van der Waals surface area (Å²) in [4.78, 5) is 5.01. The van der Waals surface area contributed by atoms with Gasteiger partial charge in [-0.05, 0) is 96.5 Å². The molecule has 0 aromatic heterocycles. The van der Waals surface area contributed by atoms with Crippen molar-refractivity contribution in [2.24, 2.45) is 11.8 Å². The van der Waals surface area contributed by atoms with Gasteiger partial charge in [0.1, 0.15) is 0 Å². The molecule has 0 spiro atoms. The third-order valence-electron chi connectivity index (χ3n) is 5.33. The van der Waals surface area contributed by atoms with Crippen LogP contribution in [0.3, 0.4) is 0 Å². The zero-order valence-electron chi connectivity index (χ0n) is 16.2. The summed E-state index contributed by atoms with van der Waals surface area (Å²) in [6.45, 7) is 21.0. The Kier molecular flexibility index (Phi) is 12.0. The second kappa shape index (κ2) is 13.2. The van der Waals surface area contributed by atoms with Gasteiger partial charge >= 0.3 is 0 Å². The quantitative estimate of drug-likeness (QED) is 0.426. The van der Waals surface area contributed by atoms with E-state index < -0.39 is 0 Å². The maximum atomic E-state index is 3.65. The average Bonchev–Trinajstić information content (AvgIpc) is 3.32. The van der Waals surface area contributed by atoms with Crippen LogP contribution in [-0.4, -0.2) is 75.2 Å². The second-order valence-corrected chi connectivity index (χ2v) is 6.92. The van der Waals surface area contributed by atoms with Gasteiger partial charge in [0, 0.05) is 0 Å². The van der Waals surface area contributed by atoms with E-state index in [4.69, 9.17) is 0 Å². The van der Waals surface area contributed by atoms with Crippen LogP contribution in [0, 0.1) is 11.8 Å². The van der Waals surface area contributed by atoms with Crippen LogP contribution in [0.25, 0.3) is 0 Å². The fraction of sp³-hybridized carbons (Fsp3) is 1.00. The van der Waals surface area contributed by atoms with Crippen molar-refractivity contribution >= 4 is 0 Å². The first kappa shape index (κ1) is 20.9. The number of hydrogen-bond acceptors (Lipinski definition) is 4. The van der Waals surface area contributed by atoms with Gasteiger partial charge in [0.15, 0.2) is 0 Å². The summed E-state index contributed by atoms with van der Waals surface area (Å²) in [5.74, 6) is 1.86. The summed E-state index contributed by atoms with van der Waals surface area (Å²) >= 11 is 0. The summed E-state index contributed by atoms with van der Waals surface area (Å²) in [5.41, 5.74) is 0. The minimum atomic E-state index is 0.929. The molecule has 1 aliphatic rings. The third-order valence-corrected chi connectivity index (χ3v) is 5.33. The first-order valence-corrected chi connectivity index (χ1v) is 10.1. The molecular weight excluding hydrogens is 284 g/mol. The third kappa shape index (κ3) is 9.65. The van der Waals surface area contributed by atoms with E-state index >= 15 is 0 Å². The van der Waals surface area contributed by atoms with Crippen molar-refractivity contribution in [1.82, 2.24) is 20.4 Å². The summed E-state index contributed by atoms with van der Waals surface area (Å²) in [7, 11) is 0. The predicted octanol–water partition coefficient (Wildman–Crippen LogP) is 2.27. The molecule has 138 valence electrons. The van der Waals surface area contributed by atoms with E-state index in [1.165, 1.54) is 84.7 Å². The average molecular weight is 327 g/mol. The zero-order valence-corrected chi connectivity index (χ0v) is 16.2. The van der Waals surface area contributed by atoms with Gasteiger partial charge in [-0.3, -0.25) is 0 Å².